The maximum absolute atomic E-state index is 11.9. The van der Waals surface area contributed by atoms with E-state index in [0.717, 1.165) is 0 Å². The molecule has 2 rings (SSSR count). The summed E-state index contributed by atoms with van der Waals surface area (Å²) in [7, 11) is 0. The average Bonchev–Trinajstić information content (AvgIpc) is 2.43. The van der Waals surface area contributed by atoms with Crippen LogP contribution in [0, 0.1) is 19.1 Å². The lowest BCUT2D eigenvalue weighted by molar-refractivity contribution is -0.435. The van der Waals surface area contributed by atoms with Crippen molar-refractivity contribution < 1.29 is 15.1 Å². The number of hydrogen-bond acceptors (Lipinski definition) is 4. The first kappa shape index (κ1) is 12.9. The highest BCUT2D eigenvalue weighted by atomic mass is 16.5. The average molecular weight is 258 g/mol. The summed E-state index contributed by atoms with van der Waals surface area (Å²) in [5.74, 6) is -0.475. The molecule has 0 unspecified atom stereocenters. The number of benzene rings is 2. The van der Waals surface area contributed by atoms with Gasteiger partial charge in [0.05, 0.1) is 0 Å². The molecule has 0 saturated carbocycles. The molecule has 98 valence electrons. The highest BCUT2D eigenvalue weighted by Gasteiger charge is 2.13. The van der Waals surface area contributed by atoms with Crippen LogP contribution < -0.4 is 0 Å². The van der Waals surface area contributed by atoms with Gasteiger partial charge in [0.15, 0.2) is 11.5 Å². The number of phenolic OH excluding ortho intramolecular Hbond substituents is 2. The lowest BCUT2D eigenvalue weighted by Gasteiger charge is -2.07. The zero-order valence-corrected chi connectivity index (χ0v) is 10.7. The number of nitrogens with zero attached hydrogens (tertiary/aromatic N) is 2. The number of rotatable bonds is 2. The molecular formula is C14H14N2O3. The Morgan fingerprint density at radius 3 is 2.32 bits per heavy atom. The Kier molecular flexibility index (Phi) is 3.37. The Hall–Kier alpha value is -2.56. The molecule has 0 heterocycles. The fraction of sp³-hybridized carbons (Fsp3) is 0.143. The molecule has 2 aromatic carbocycles. The van der Waals surface area contributed by atoms with Crippen molar-refractivity contribution in [1.82, 2.24) is 0 Å². The third kappa shape index (κ3) is 2.49. The minimum atomic E-state index is -0.289. The van der Waals surface area contributed by atoms with Gasteiger partial charge in [0.25, 0.3) is 0 Å². The topological polar surface area (TPSA) is 78.9 Å². The highest BCUT2D eigenvalue weighted by molar-refractivity contribution is 5.60. The van der Waals surface area contributed by atoms with Crippen molar-refractivity contribution in [2.24, 2.45) is 5.11 Å². The second-order valence-electron chi connectivity index (χ2n) is 4.22. The van der Waals surface area contributed by atoms with Crippen LogP contribution in [-0.2, 0) is 0 Å². The van der Waals surface area contributed by atoms with Crippen LogP contribution in [0.15, 0.2) is 41.5 Å². The molecular weight excluding hydrogens is 244 g/mol. The number of hydrogen-bond donors (Lipinski definition) is 2. The molecule has 0 fully saturated rings. The van der Waals surface area contributed by atoms with Crippen molar-refractivity contribution in [2.45, 2.75) is 13.8 Å². The van der Waals surface area contributed by atoms with Crippen LogP contribution in [-0.4, -0.2) is 15.1 Å². The number of para-hydroxylation sites is 1. The van der Waals surface area contributed by atoms with E-state index in [1.54, 1.807) is 44.2 Å². The smallest absolute Gasteiger partial charge is 0.244 e. The second-order valence-corrected chi connectivity index (χ2v) is 4.22. The van der Waals surface area contributed by atoms with Gasteiger partial charge in [-0.05, 0) is 25.0 Å². The number of azo groups is 1. The molecule has 0 aliphatic rings. The summed E-state index contributed by atoms with van der Waals surface area (Å²) >= 11 is 0. The summed E-state index contributed by atoms with van der Waals surface area (Å²) in [5.41, 5.74) is 1.87. The first-order chi connectivity index (χ1) is 9.00. The van der Waals surface area contributed by atoms with Crippen molar-refractivity contribution in [2.75, 3.05) is 0 Å². The number of aromatic hydroxyl groups is 2. The van der Waals surface area contributed by atoms with Gasteiger partial charge in [-0.2, -0.15) is 0 Å². The summed E-state index contributed by atoms with van der Waals surface area (Å²) in [4.78, 5) is 0.484. The van der Waals surface area contributed by atoms with E-state index in [0.29, 0.717) is 27.4 Å². The first-order valence-corrected chi connectivity index (χ1v) is 5.77. The summed E-state index contributed by atoms with van der Waals surface area (Å²) in [6.07, 6.45) is 0. The molecule has 0 radical (unpaired) electrons. The Balaban J connectivity index is 2.50. The van der Waals surface area contributed by atoms with Gasteiger partial charge in [-0.1, -0.05) is 23.1 Å². The van der Waals surface area contributed by atoms with E-state index in [1.165, 1.54) is 6.07 Å². The monoisotopic (exact) mass is 258 g/mol. The van der Waals surface area contributed by atoms with Crippen molar-refractivity contribution in [3.05, 3.63) is 52.7 Å². The van der Waals surface area contributed by atoms with Crippen molar-refractivity contribution in [3.63, 3.8) is 0 Å². The quantitative estimate of drug-likeness (QED) is 0.373. The van der Waals surface area contributed by atoms with Gasteiger partial charge in [0.2, 0.25) is 5.69 Å². The van der Waals surface area contributed by atoms with E-state index in [9.17, 15) is 15.4 Å². The van der Waals surface area contributed by atoms with Crippen LogP contribution in [0.3, 0.4) is 0 Å². The third-order valence-electron chi connectivity index (χ3n) is 2.99. The molecule has 0 amide bonds. The van der Waals surface area contributed by atoms with Gasteiger partial charge in [-0.3, -0.25) is 0 Å². The molecule has 0 atom stereocenters. The lowest BCUT2D eigenvalue weighted by Crippen LogP contribution is -1.91. The van der Waals surface area contributed by atoms with Gasteiger partial charge in [0.1, 0.15) is 5.69 Å². The molecule has 0 bridgehead atoms. The van der Waals surface area contributed by atoms with Crippen molar-refractivity contribution in [1.29, 1.82) is 0 Å². The zero-order chi connectivity index (χ0) is 14.0. The maximum atomic E-state index is 11.9. The molecule has 0 saturated heterocycles. The van der Waals surface area contributed by atoms with Gasteiger partial charge in [0, 0.05) is 23.3 Å². The second kappa shape index (κ2) is 4.97. The Bertz CT molecular complexity index is 637. The molecule has 5 heteroatoms. The highest BCUT2D eigenvalue weighted by Crippen LogP contribution is 2.37. The summed E-state index contributed by atoms with van der Waals surface area (Å²) < 4.78 is 0. The summed E-state index contributed by atoms with van der Waals surface area (Å²) in [6.45, 7) is 3.38. The molecule has 0 aromatic heterocycles. The molecule has 0 spiro atoms. The van der Waals surface area contributed by atoms with Gasteiger partial charge in [-0.25, -0.2) is 0 Å². The maximum Gasteiger partial charge on any atom is 0.244 e. The summed E-state index contributed by atoms with van der Waals surface area (Å²) in [5, 5.41) is 34.9. The van der Waals surface area contributed by atoms with Gasteiger partial charge < -0.3 is 15.4 Å². The van der Waals surface area contributed by atoms with Crippen molar-refractivity contribution in [3.8, 4) is 11.5 Å². The Morgan fingerprint density at radius 2 is 1.68 bits per heavy atom. The predicted octanol–water partition coefficient (Wildman–Crippen LogP) is 3.64. The predicted molar refractivity (Wildman–Crippen MR) is 71.1 cm³/mol. The van der Waals surface area contributed by atoms with E-state index >= 15 is 0 Å². The van der Waals surface area contributed by atoms with E-state index in [1.807, 2.05) is 0 Å². The molecule has 0 aliphatic carbocycles. The van der Waals surface area contributed by atoms with Crippen LogP contribution in [0.4, 0.5) is 11.4 Å². The van der Waals surface area contributed by atoms with E-state index < -0.39 is 0 Å². The van der Waals surface area contributed by atoms with Gasteiger partial charge >= 0.3 is 0 Å². The Morgan fingerprint density at radius 1 is 1.05 bits per heavy atom. The molecule has 0 aliphatic heterocycles. The van der Waals surface area contributed by atoms with Crippen LogP contribution >= 0.6 is 0 Å². The minimum Gasteiger partial charge on any atom is -0.594 e. The first-order valence-electron chi connectivity index (χ1n) is 5.77. The fourth-order valence-electron chi connectivity index (χ4n) is 1.68. The summed E-state index contributed by atoms with van der Waals surface area (Å²) in [6, 6.07) is 9.83. The zero-order valence-electron chi connectivity index (χ0n) is 10.7. The standard InChI is InChI=1S/C14H14N2O3/c1-9-10(2)14(18)13(17)8-12(9)15-16(19)11-6-4-3-5-7-11/h3-8,17-18H,1-2H3. The SMILES string of the molecule is Cc1c(N=[N+]([O-])c2ccccc2)cc(O)c(O)c1C. The molecule has 2 N–H and O–H groups in total. The van der Waals surface area contributed by atoms with Crippen LogP contribution in [0.5, 0.6) is 11.5 Å². The minimum absolute atomic E-state index is 0.186. The van der Waals surface area contributed by atoms with E-state index in [2.05, 4.69) is 5.11 Å². The molecule has 2 aromatic rings. The van der Waals surface area contributed by atoms with E-state index in [-0.39, 0.29) is 11.5 Å². The van der Waals surface area contributed by atoms with Crippen molar-refractivity contribution >= 4 is 11.4 Å². The van der Waals surface area contributed by atoms with Crippen LogP contribution in [0.25, 0.3) is 0 Å². The lowest BCUT2D eigenvalue weighted by atomic mass is 10.1. The molecule has 19 heavy (non-hydrogen) atoms. The van der Waals surface area contributed by atoms with Crippen LogP contribution in [0.2, 0.25) is 0 Å². The molecule has 5 nitrogen and oxygen atoms in total. The Labute approximate surface area is 110 Å². The number of phenols is 2. The normalized spacial score (nSPS) is 11.6. The largest absolute Gasteiger partial charge is 0.594 e. The fourth-order valence-corrected chi connectivity index (χ4v) is 1.68. The van der Waals surface area contributed by atoms with Crippen LogP contribution in [0.1, 0.15) is 11.1 Å². The van der Waals surface area contributed by atoms with E-state index in [4.69, 9.17) is 0 Å². The van der Waals surface area contributed by atoms with Gasteiger partial charge in [-0.15, -0.1) is 0 Å². The third-order valence-corrected chi connectivity index (χ3v) is 2.99.